The minimum atomic E-state index is 0.304. The Bertz CT molecular complexity index is 827. The lowest BCUT2D eigenvalue weighted by atomic mass is 10.2. The van der Waals surface area contributed by atoms with Crippen molar-refractivity contribution in [1.29, 1.82) is 0 Å². The fourth-order valence-electron chi connectivity index (χ4n) is 2.46. The number of hydrogen-bond donors (Lipinski definition) is 1. The van der Waals surface area contributed by atoms with Crippen LogP contribution < -0.4 is 5.32 Å². The Hall–Kier alpha value is -2.48. The summed E-state index contributed by atoms with van der Waals surface area (Å²) in [7, 11) is 0. The minimum Gasteiger partial charge on any atom is -0.324 e. The lowest BCUT2D eigenvalue weighted by Crippen LogP contribution is -2.06. The zero-order valence-electron chi connectivity index (χ0n) is 14.1. The second kappa shape index (κ2) is 6.96. The third-order valence-corrected chi connectivity index (χ3v) is 4.12. The van der Waals surface area contributed by atoms with Crippen molar-refractivity contribution in [1.82, 2.24) is 29.5 Å². The molecule has 0 saturated carbocycles. The molecule has 8 heteroatoms. The first-order valence-electron chi connectivity index (χ1n) is 7.58. The van der Waals surface area contributed by atoms with Gasteiger partial charge < -0.3 is 9.88 Å². The maximum atomic E-state index is 4.58. The molecule has 0 radical (unpaired) electrons. The van der Waals surface area contributed by atoms with Gasteiger partial charge >= 0.3 is 0 Å². The first-order valence-corrected chi connectivity index (χ1v) is 8.81. The van der Waals surface area contributed by atoms with Gasteiger partial charge in [0.15, 0.2) is 5.82 Å². The van der Waals surface area contributed by atoms with E-state index in [0.717, 1.165) is 22.2 Å². The van der Waals surface area contributed by atoms with E-state index in [4.69, 9.17) is 0 Å². The monoisotopic (exact) mass is 341 g/mol. The molecule has 3 rings (SSSR count). The van der Waals surface area contributed by atoms with Crippen molar-refractivity contribution < 1.29 is 0 Å². The molecule has 3 aromatic heterocycles. The molecule has 0 spiro atoms. The summed E-state index contributed by atoms with van der Waals surface area (Å²) >= 11 is 1.55. The number of thioether (sulfide) groups is 1. The van der Waals surface area contributed by atoms with Crippen LogP contribution in [-0.4, -0.2) is 35.7 Å². The summed E-state index contributed by atoms with van der Waals surface area (Å²) in [5.41, 5.74) is 1.78. The number of imidazole rings is 1. The SMILES string of the molecule is CSc1cnc(Nc2nccc(-c3cnc(C)n3C(C)C)n2)cn1. The van der Waals surface area contributed by atoms with Gasteiger partial charge in [-0.25, -0.2) is 24.9 Å². The Morgan fingerprint density at radius 1 is 1.08 bits per heavy atom. The zero-order chi connectivity index (χ0) is 17.1. The van der Waals surface area contributed by atoms with E-state index >= 15 is 0 Å². The first kappa shape index (κ1) is 16.4. The summed E-state index contributed by atoms with van der Waals surface area (Å²) in [4.78, 5) is 21.8. The molecule has 124 valence electrons. The van der Waals surface area contributed by atoms with Gasteiger partial charge in [-0.1, -0.05) is 0 Å². The van der Waals surface area contributed by atoms with E-state index in [1.165, 1.54) is 0 Å². The second-order valence-corrected chi connectivity index (χ2v) is 6.32. The molecule has 0 fully saturated rings. The number of anilines is 2. The number of aromatic nitrogens is 6. The van der Waals surface area contributed by atoms with Gasteiger partial charge in [-0.05, 0) is 33.1 Å². The van der Waals surface area contributed by atoms with Crippen LogP contribution in [0.5, 0.6) is 0 Å². The molecule has 0 aliphatic rings. The third-order valence-electron chi connectivity index (χ3n) is 3.49. The van der Waals surface area contributed by atoms with Crippen molar-refractivity contribution in [2.45, 2.75) is 31.8 Å². The summed E-state index contributed by atoms with van der Waals surface area (Å²) < 4.78 is 2.15. The molecule has 0 saturated heterocycles. The molecule has 0 aliphatic carbocycles. The largest absolute Gasteiger partial charge is 0.324 e. The molecular formula is C16H19N7S. The summed E-state index contributed by atoms with van der Waals surface area (Å²) in [6, 6.07) is 2.18. The Labute approximate surface area is 145 Å². The van der Waals surface area contributed by atoms with Gasteiger partial charge in [0.2, 0.25) is 5.95 Å². The maximum Gasteiger partial charge on any atom is 0.228 e. The van der Waals surface area contributed by atoms with Gasteiger partial charge in [0, 0.05) is 12.2 Å². The van der Waals surface area contributed by atoms with E-state index in [2.05, 4.69) is 48.7 Å². The normalized spacial score (nSPS) is 11.0. The Morgan fingerprint density at radius 2 is 1.92 bits per heavy atom. The summed E-state index contributed by atoms with van der Waals surface area (Å²) in [5.74, 6) is 2.05. The zero-order valence-corrected chi connectivity index (χ0v) is 14.9. The summed E-state index contributed by atoms with van der Waals surface area (Å²) in [6.07, 6.45) is 8.91. The van der Waals surface area contributed by atoms with Crippen LogP contribution in [0.1, 0.15) is 25.7 Å². The van der Waals surface area contributed by atoms with E-state index in [9.17, 15) is 0 Å². The van der Waals surface area contributed by atoms with Crippen LogP contribution in [0.4, 0.5) is 11.8 Å². The van der Waals surface area contributed by atoms with E-state index in [-0.39, 0.29) is 0 Å². The van der Waals surface area contributed by atoms with Crippen molar-refractivity contribution >= 4 is 23.5 Å². The van der Waals surface area contributed by atoms with Gasteiger partial charge in [0.05, 0.1) is 30.0 Å². The fourth-order valence-corrected chi connectivity index (χ4v) is 2.77. The van der Waals surface area contributed by atoms with Crippen molar-refractivity contribution in [2.75, 3.05) is 11.6 Å². The predicted molar refractivity (Wildman–Crippen MR) is 95.5 cm³/mol. The van der Waals surface area contributed by atoms with E-state index in [0.29, 0.717) is 17.8 Å². The van der Waals surface area contributed by atoms with Gasteiger partial charge in [-0.15, -0.1) is 11.8 Å². The van der Waals surface area contributed by atoms with Crippen LogP contribution in [-0.2, 0) is 0 Å². The quantitative estimate of drug-likeness (QED) is 0.711. The highest BCUT2D eigenvalue weighted by atomic mass is 32.2. The van der Waals surface area contributed by atoms with E-state index in [1.54, 1.807) is 30.4 Å². The number of rotatable bonds is 5. The molecule has 3 heterocycles. The Kier molecular flexibility index (Phi) is 4.75. The summed E-state index contributed by atoms with van der Waals surface area (Å²) in [6.45, 7) is 6.25. The predicted octanol–water partition coefficient (Wildman–Crippen LogP) is 3.48. The molecule has 7 nitrogen and oxygen atoms in total. The number of nitrogens with zero attached hydrogens (tertiary/aromatic N) is 6. The number of nitrogens with one attached hydrogen (secondary N) is 1. The molecule has 24 heavy (non-hydrogen) atoms. The smallest absolute Gasteiger partial charge is 0.228 e. The molecule has 0 aromatic carbocycles. The van der Waals surface area contributed by atoms with Crippen LogP contribution >= 0.6 is 11.8 Å². The van der Waals surface area contributed by atoms with E-state index in [1.807, 2.05) is 25.4 Å². The van der Waals surface area contributed by atoms with Crippen LogP contribution in [0.2, 0.25) is 0 Å². The van der Waals surface area contributed by atoms with Crippen LogP contribution in [0.15, 0.2) is 35.9 Å². The van der Waals surface area contributed by atoms with Gasteiger partial charge in [-0.3, -0.25) is 0 Å². The van der Waals surface area contributed by atoms with Gasteiger partial charge in [0.1, 0.15) is 10.9 Å². The van der Waals surface area contributed by atoms with Gasteiger partial charge in [0.25, 0.3) is 0 Å². The minimum absolute atomic E-state index is 0.304. The Balaban J connectivity index is 1.89. The standard InChI is InChI=1S/C16H19N7S/c1-10(2)23-11(3)18-7-13(23)12-5-6-17-16(21-12)22-14-8-20-15(24-4)9-19-14/h5-10H,1-4H3,(H,17,19,21,22). The third kappa shape index (κ3) is 3.38. The van der Waals surface area contributed by atoms with Crippen molar-refractivity contribution in [2.24, 2.45) is 0 Å². The topological polar surface area (TPSA) is 81.4 Å². The maximum absolute atomic E-state index is 4.58. The first-order chi connectivity index (χ1) is 11.6. The molecule has 0 aliphatic heterocycles. The van der Waals surface area contributed by atoms with Crippen LogP contribution in [0, 0.1) is 6.92 Å². The van der Waals surface area contributed by atoms with Gasteiger partial charge in [-0.2, -0.15) is 0 Å². The highest BCUT2D eigenvalue weighted by Crippen LogP contribution is 2.24. The van der Waals surface area contributed by atoms with E-state index < -0.39 is 0 Å². The number of hydrogen-bond acceptors (Lipinski definition) is 7. The molecular weight excluding hydrogens is 322 g/mol. The lowest BCUT2D eigenvalue weighted by Gasteiger charge is -2.14. The average Bonchev–Trinajstić information content (AvgIpc) is 2.98. The molecule has 3 aromatic rings. The number of aryl methyl sites for hydroxylation is 1. The molecule has 0 atom stereocenters. The van der Waals surface area contributed by atoms with Crippen LogP contribution in [0.25, 0.3) is 11.4 Å². The summed E-state index contributed by atoms with van der Waals surface area (Å²) in [5, 5.41) is 3.95. The molecule has 0 bridgehead atoms. The second-order valence-electron chi connectivity index (χ2n) is 5.49. The highest BCUT2D eigenvalue weighted by molar-refractivity contribution is 7.98. The highest BCUT2D eigenvalue weighted by Gasteiger charge is 2.13. The average molecular weight is 341 g/mol. The Morgan fingerprint density at radius 3 is 2.58 bits per heavy atom. The van der Waals surface area contributed by atoms with Crippen molar-refractivity contribution in [3.63, 3.8) is 0 Å². The van der Waals surface area contributed by atoms with Crippen molar-refractivity contribution in [3.8, 4) is 11.4 Å². The molecule has 0 unspecified atom stereocenters. The van der Waals surface area contributed by atoms with Crippen molar-refractivity contribution in [3.05, 3.63) is 36.7 Å². The van der Waals surface area contributed by atoms with Crippen LogP contribution in [0.3, 0.4) is 0 Å². The molecule has 1 N–H and O–H groups in total. The fraction of sp³-hybridized carbons (Fsp3) is 0.312. The molecule has 0 amide bonds. The lowest BCUT2D eigenvalue weighted by molar-refractivity contribution is 0.587.